The van der Waals surface area contributed by atoms with Gasteiger partial charge in [-0.2, -0.15) is 0 Å². The second kappa shape index (κ2) is 8.73. The van der Waals surface area contributed by atoms with Crippen molar-refractivity contribution >= 4 is 21.8 Å². The lowest BCUT2D eigenvalue weighted by atomic mass is 10.1. The summed E-state index contributed by atoms with van der Waals surface area (Å²) >= 11 is 0. The molecule has 0 aromatic heterocycles. The molecule has 2 aromatic carbocycles. The first kappa shape index (κ1) is 20.5. The average molecular weight is 389 g/mol. The molecule has 27 heavy (non-hydrogen) atoms. The zero-order valence-corrected chi connectivity index (χ0v) is 16.5. The number of carbonyl (C=O) groups is 1. The molecule has 0 radical (unpaired) electrons. The molecule has 0 bridgehead atoms. The van der Waals surface area contributed by atoms with E-state index in [9.17, 15) is 13.2 Å². The van der Waals surface area contributed by atoms with E-state index in [0.29, 0.717) is 11.5 Å². The lowest BCUT2D eigenvalue weighted by molar-refractivity contribution is -0.117. The zero-order chi connectivity index (χ0) is 20.0. The third-order valence-corrected chi connectivity index (χ3v) is 5.13. The number of hydrogen-bond acceptors (Lipinski definition) is 5. The molecule has 0 saturated heterocycles. The summed E-state index contributed by atoms with van der Waals surface area (Å²) in [6.07, 6.45) is 4.27. The van der Waals surface area contributed by atoms with Gasteiger partial charge in [-0.1, -0.05) is 18.2 Å². The van der Waals surface area contributed by atoms with Crippen LogP contribution in [0.5, 0.6) is 11.5 Å². The molecule has 6 nitrogen and oxygen atoms in total. The van der Waals surface area contributed by atoms with Crippen LogP contribution < -0.4 is 14.8 Å². The van der Waals surface area contributed by atoms with Crippen LogP contribution in [0.4, 0.5) is 0 Å². The minimum absolute atomic E-state index is 0.248. The van der Waals surface area contributed by atoms with Gasteiger partial charge in [0.2, 0.25) is 5.91 Å². The number of nitrogens with one attached hydrogen (secondary N) is 1. The van der Waals surface area contributed by atoms with Crippen LogP contribution in [0, 0.1) is 0 Å². The molecule has 2 aromatic rings. The molecule has 144 valence electrons. The number of ether oxygens (including phenoxy) is 2. The zero-order valence-electron chi connectivity index (χ0n) is 15.7. The Morgan fingerprint density at radius 1 is 1.04 bits per heavy atom. The molecular formula is C20H23NO5S. The van der Waals surface area contributed by atoms with Gasteiger partial charge in [-0.25, -0.2) is 8.42 Å². The van der Waals surface area contributed by atoms with Crippen molar-refractivity contribution in [3.63, 3.8) is 0 Å². The van der Waals surface area contributed by atoms with Crippen molar-refractivity contribution in [2.75, 3.05) is 20.5 Å². The SMILES string of the molecule is COc1ccc(/C=C/C(=O)NC(C)c2ccc(S(C)(=O)=O)cc2)cc1OC. The van der Waals surface area contributed by atoms with Gasteiger partial charge in [0.15, 0.2) is 21.3 Å². The van der Waals surface area contributed by atoms with Crippen molar-refractivity contribution in [3.8, 4) is 11.5 Å². The second-order valence-corrected chi connectivity index (χ2v) is 8.03. The predicted octanol–water partition coefficient (Wildman–Crippen LogP) is 3.00. The molecular weight excluding hydrogens is 366 g/mol. The summed E-state index contributed by atoms with van der Waals surface area (Å²) < 4.78 is 33.4. The van der Waals surface area contributed by atoms with Gasteiger partial charge in [-0.15, -0.1) is 0 Å². The van der Waals surface area contributed by atoms with Crippen molar-refractivity contribution in [2.45, 2.75) is 17.9 Å². The molecule has 1 atom stereocenters. The fraction of sp³-hybridized carbons (Fsp3) is 0.250. The van der Waals surface area contributed by atoms with Gasteiger partial charge in [0.1, 0.15) is 0 Å². The Bertz CT molecular complexity index is 933. The largest absolute Gasteiger partial charge is 0.493 e. The minimum Gasteiger partial charge on any atom is -0.493 e. The van der Waals surface area contributed by atoms with Crippen molar-refractivity contribution in [1.29, 1.82) is 0 Å². The van der Waals surface area contributed by atoms with E-state index in [-0.39, 0.29) is 16.8 Å². The predicted molar refractivity (Wildman–Crippen MR) is 105 cm³/mol. The van der Waals surface area contributed by atoms with Gasteiger partial charge in [-0.3, -0.25) is 4.79 Å². The molecule has 0 fully saturated rings. The highest BCUT2D eigenvalue weighted by molar-refractivity contribution is 7.90. The van der Waals surface area contributed by atoms with Crippen LogP contribution in [0.15, 0.2) is 53.4 Å². The number of amides is 1. The van der Waals surface area contributed by atoms with E-state index in [4.69, 9.17) is 9.47 Å². The van der Waals surface area contributed by atoms with E-state index in [1.807, 2.05) is 13.0 Å². The van der Waals surface area contributed by atoms with E-state index in [1.165, 1.54) is 18.2 Å². The maximum atomic E-state index is 12.2. The molecule has 2 rings (SSSR count). The Balaban J connectivity index is 2.03. The van der Waals surface area contributed by atoms with Gasteiger partial charge in [-0.05, 0) is 48.4 Å². The Kier molecular flexibility index (Phi) is 6.63. The second-order valence-electron chi connectivity index (χ2n) is 6.02. The number of hydrogen-bond donors (Lipinski definition) is 1. The Morgan fingerprint density at radius 3 is 2.22 bits per heavy atom. The highest BCUT2D eigenvalue weighted by Crippen LogP contribution is 2.28. The van der Waals surface area contributed by atoms with E-state index in [1.54, 1.807) is 44.6 Å². The first-order chi connectivity index (χ1) is 12.7. The molecule has 7 heteroatoms. The third-order valence-electron chi connectivity index (χ3n) is 4.00. The van der Waals surface area contributed by atoms with E-state index >= 15 is 0 Å². The van der Waals surface area contributed by atoms with E-state index in [2.05, 4.69) is 5.32 Å². The first-order valence-corrected chi connectivity index (χ1v) is 10.1. The maximum absolute atomic E-state index is 12.2. The molecule has 1 unspecified atom stereocenters. The van der Waals surface area contributed by atoms with Gasteiger partial charge >= 0.3 is 0 Å². The summed E-state index contributed by atoms with van der Waals surface area (Å²) in [5.74, 6) is 0.939. The van der Waals surface area contributed by atoms with E-state index in [0.717, 1.165) is 17.4 Å². The Labute approximate surface area is 159 Å². The van der Waals surface area contributed by atoms with Crippen LogP contribution in [0.25, 0.3) is 6.08 Å². The summed E-state index contributed by atoms with van der Waals surface area (Å²) in [7, 11) is -0.126. The lowest BCUT2D eigenvalue weighted by Gasteiger charge is -2.13. The fourth-order valence-corrected chi connectivity index (χ4v) is 3.11. The minimum atomic E-state index is -3.24. The molecule has 0 heterocycles. The maximum Gasteiger partial charge on any atom is 0.244 e. The van der Waals surface area contributed by atoms with Crippen molar-refractivity contribution in [3.05, 3.63) is 59.7 Å². The van der Waals surface area contributed by atoms with Gasteiger partial charge in [0.25, 0.3) is 0 Å². The molecule has 1 amide bonds. The number of carbonyl (C=O) groups excluding carboxylic acids is 1. The third kappa shape index (κ3) is 5.59. The Morgan fingerprint density at radius 2 is 1.67 bits per heavy atom. The van der Waals surface area contributed by atoms with Crippen molar-refractivity contribution < 1.29 is 22.7 Å². The summed E-state index contributed by atoms with van der Waals surface area (Å²) in [6, 6.07) is 11.6. The summed E-state index contributed by atoms with van der Waals surface area (Å²) in [5, 5.41) is 2.84. The van der Waals surface area contributed by atoms with Crippen molar-refractivity contribution in [2.24, 2.45) is 0 Å². The number of sulfone groups is 1. The van der Waals surface area contributed by atoms with Gasteiger partial charge < -0.3 is 14.8 Å². The fourth-order valence-electron chi connectivity index (χ4n) is 2.48. The van der Waals surface area contributed by atoms with Crippen LogP contribution in [0.1, 0.15) is 24.1 Å². The topological polar surface area (TPSA) is 81.7 Å². The molecule has 0 aliphatic heterocycles. The number of benzene rings is 2. The highest BCUT2D eigenvalue weighted by atomic mass is 32.2. The lowest BCUT2D eigenvalue weighted by Crippen LogP contribution is -2.24. The molecule has 0 aliphatic carbocycles. The van der Waals surface area contributed by atoms with Crippen molar-refractivity contribution in [1.82, 2.24) is 5.32 Å². The summed E-state index contributed by atoms with van der Waals surface area (Å²) in [6.45, 7) is 1.83. The van der Waals surface area contributed by atoms with Gasteiger partial charge in [0.05, 0.1) is 25.2 Å². The first-order valence-electron chi connectivity index (χ1n) is 8.25. The normalized spacial score (nSPS) is 12.6. The standard InChI is InChI=1S/C20H23NO5S/c1-14(16-7-9-17(10-8-16)27(4,23)24)21-20(22)12-6-15-5-11-18(25-2)19(13-15)26-3/h5-14H,1-4H3,(H,21,22)/b12-6+. The average Bonchev–Trinajstić information content (AvgIpc) is 2.65. The van der Waals surface area contributed by atoms with Crippen LogP contribution in [0.2, 0.25) is 0 Å². The quantitative estimate of drug-likeness (QED) is 0.736. The molecule has 0 saturated carbocycles. The number of rotatable bonds is 7. The van der Waals surface area contributed by atoms with Crippen LogP contribution >= 0.6 is 0 Å². The van der Waals surface area contributed by atoms with Gasteiger partial charge in [0, 0.05) is 12.3 Å². The molecule has 0 aliphatic rings. The Hall–Kier alpha value is -2.80. The number of methoxy groups -OCH3 is 2. The smallest absolute Gasteiger partial charge is 0.244 e. The monoisotopic (exact) mass is 389 g/mol. The summed E-state index contributed by atoms with van der Waals surface area (Å²) in [5.41, 5.74) is 1.61. The summed E-state index contributed by atoms with van der Waals surface area (Å²) in [4.78, 5) is 12.4. The van der Waals surface area contributed by atoms with E-state index < -0.39 is 9.84 Å². The highest BCUT2D eigenvalue weighted by Gasteiger charge is 2.11. The molecule has 0 spiro atoms. The van der Waals surface area contributed by atoms with Crippen LogP contribution in [-0.2, 0) is 14.6 Å². The molecule has 1 N–H and O–H groups in total. The van der Waals surface area contributed by atoms with Crippen LogP contribution in [0.3, 0.4) is 0 Å². The van der Waals surface area contributed by atoms with Crippen LogP contribution in [-0.4, -0.2) is 34.8 Å².